The number of rotatable bonds is 3. The third-order valence-corrected chi connectivity index (χ3v) is 2.02. The quantitative estimate of drug-likeness (QED) is 0.667. The van der Waals surface area contributed by atoms with E-state index in [1.165, 1.54) is 6.92 Å². The predicted octanol–water partition coefficient (Wildman–Crippen LogP) is -0.464. The molecule has 0 amide bonds. The minimum atomic E-state index is -1.84. The molecule has 0 radical (unpaired) electrons. The van der Waals surface area contributed by atoms with Gasteiger partial charge in [0.2, 0.25) is 0 Å². The number of carbonyl (C=O) groups is 2. The van der Waals surface area contributed by atoms with E-state index in [0.29, 0.717) is 0 Å². The van der Waals surface area contributed by atoms with Gasteiger partial charge in [0.25, 0.3) is 0 Å². The van der Waals surface area contributed by atoms with Crippen LogP contribution in [0.4, 0.5) is 4.39 Å². The van der Waals surface area contributed by atoms with Crippen LogP contribution in [0, 0.1) is 0 Å². The van der Waals surface area contributed by atoms with Crippen LogP contribution < -0.4 is 0 Å². The number of alkyl halides is 1. The van der Waals surface area contributed by atoms with E-state index in [1.807, 2.05) is 0 Å². The Morgan fingerprint density at radius 3 is 2.50 bits per heavy atom. The topological polar surface area (TPSA) is 82.1 Å². The van der Waals surface area contributed by atoms with Gasteiger partial charge < -0.3 is 19.3 Å². The molecule has 1 aliphatic heterocycles. The van der Waals surface area contributed by atoms with E-state index in [0.717, 1.165) is 6.92 Å². The maximum Gasteiger partial charge on any atom is 0.303 e. The van der Waals surface area contributed by atoms with Crippen molar-refractivity contribution in [3.8, 4) is 0 Å². The highest BCUT2D eigenvalue weighted by Gasteiger charge is 2.47. The van der Waals surface area contributed by atoms with E-state index in [2.05, 4.69) is 9.47 Å². The zero-order chi connectivity index (χ0) is 12.3. The molecule has 1 saturated heterocycles. The van der Waals surface area contributed by atoms with E-state index < -0.39 is 36.6 Å². The third kappa shape index (κ3) is 3.14. The number of hydrogen-bond donors (Lipinski definition) is 1. The standard InChI is InChI=1S/C9H13FO6/c1-4(11)14-3-6-8(15-5(2)12)7(10)9(13)16-6/h6-9,13H,3H2,1-2H3/t6-,7?,8+,9-/m1/s1. The van der Waals surface area contributed by atoms with Gasteiger partial charge >= 0.3 is 11.9 Å². The molecule has 0 aromatic carbocycles. The number of aliphatic hydroxyl groups excluding tert-OH is 1. The average Bonchev–Trinajstić information content (AvgIpc) is 2.42. The molecule has 4 atom stereocenters. The second-order valence-electron chi connectivity index (χ2n) is 3.39. The molecular formula is C9H13FO6. The number of esters is 2. The van der Waals surface area contributed by atoms with Crippen molar-refractivity contribution in [2.45, 2.75) is 38.5 Å². The first-order valence-corrected chi connectivity index (χ1v) is 4.70. The summed E-state index contributed by atoms with van der Waals surface area (Å²) >= 11 is 0. The van der Waals surface area contributed by atoms with Crippen LogP contribution >= 0.6 is 0 Å². The van der Waals surface area contributed by atoms with Crippen molar-refractivity contribution in [3.63, 3.8) is 0 Å². The van der Waals surface area contributed by atoms with Gasteiger partial charge in [-0.15, -0.1) is 0 Å². The summed E-state index contributed by atoms with van der Waals surface area (Å²) in [6, 6.07) is 0. The number of halogens is 1. The summed E-state index contributed by atoms with van der Waals surface area (Å²) in [5.74, 6) is -1.26. The van der Waals surface area contributed by atoms with Crippen LogP contribution in [0.3, 0.4) is 0 Å². The minimum absolute atomic E-state index is 0.273. The van der Waals surface area contributed by atoms with Crippen LogP contribution in [-0.2, 0) is 23.8 Å². The fourth-order valence-electron chi connectivity index (χ4n) is 1.37. The first-order chi connectivity index (χ1) is 7.41. The Morgan fingerprint density at radius 1 is 1.38 bits per heavy atom. The van der Waals surface area contributed by atoms with Crippen molar-refractivity contribution in [1.82, 2.24) is 0 Å². The molecule has 0 spiro atoms. The SMILES string of the molecule is CC(=O)OC[C@H]1O[C@@H](O)C(F)[C@H]1OC(C)=O. The largest absolute Gasteiger partial charge is 0.463 e. The zero-order valence-corrected chi connectivity index (χ0v) is 8.88. The lowest BCUT2D eigenvalue weighted by Crippen LogP contribution is -2.36. The average molecular weight is 236 g/mol. The molecule has 0 aromatic rings. The lowest BCUT2D eigenvalue weighted by molar-refractivity contribution is -0.159. The van der Waals surface area contributed by atoms with E-state index >= 15 is 0 Å². The number of ether oxygens (including phenoxy) is 3. The molecule has 0 bridgehead atoms. The Hall–Kier alpha value is -1.21. The normalized spacial score (nSPS) is 33.5. The maximum atomic E-state index is 13.3. The molecule has 1 unspecified atom stereocenters. The lowest BCUT2D eigenvalue weighted by Gasteiger charge is -2.18. The molecule has 7 heteroatoms. The number of carbonyl (C=O) groups excluding carboxylic acids is 2. The molecule has 1 fully saturated rings. The van der Waals surface area contributed by atoms with Gasteiger partial charge in [0, 0.05) is 13.8 Å². The van der Waals surface area contributed by atoms with E-state index in [1.54, 1.807) is 0 Å². The summed E-state index contributed by atoms with van der Waals surface area (Å²) in [5.41, 5.74) is 0. The Kier molecular flexibility index (Phi) is 4.19. The van der Waals surface area contributed by atoms with Gasteiger partial charge in [0.05, 0.1) is 0 Å². The van der Waals surface area contributed by atoms with Crippen molar-refractivity contribution in [3.05, 3.63) is 0 Å². The third-order valence-electron chi connectivity index (χ3n) is 2.02. The fourth-order valence-corrected chi connectivity index (χ4v) is 1.37. The fraction of sp³-hybridized carbons (Fsp3) is 0.778. The summed E-state index contributed by atoms with van der Waals surface area (Å²) in [6.45, 7) is 2.02. The summed E-state index contributed by atoms with van der Waals surface area (Å²) in [7, 11) is 0. The summed E-state index contributed by atoms with van der Waals surface area (Å²) in [6.07, 6.45) is -5.76. The Labute approximate surface area is 91.3 Å². The van der Waals surface area contributed by atoms with Crippen LogP contribution in [0.15, 0.2) is 0 Å². The van der Waals surface area contributed by atoms with Crippen molar-refractivity contribution < 1.29 is 33.3 Å². The molecule has 0 aliphatic carbocycles. The van der Waals surface area contributed by atoms with Crippen LogP contribution in [-0.4, -0.2) is 48.3 Å². The van der Waals surface area contributed by atoms with E-state index in [4.69, 9.17) is 9.84 Å². The van der Waals surface area contributed by atoms with Crippen LogP contribution in [0.25, 0.3) is 0 Å². The molecule has 92 valence electrons. The Bertz CT molecular complexity index is 281. The highest BCUT2D eigenvalue weighted by molar-refractivity contribution is 5.66. The van der Waals surface area contributed by atoms with Gasteiger partial charge in [-0.25, -0.2) is 4.39 Å². The summed E-state index contributed by atoms with van der Waals surface area (Å²) < 4.78 is 27.3. The first kappa shape index (κ1) is 12.9. The van der Waals surface area contributed by atoms with E-state index in [9.17, 15) is 14.0 Å². The maximum absolute atomic E-state index is 13.3. The van der Waals surface area contributed by atoms with Crippen LogP contribution in [0.5, 0.6) is 0 Å². The molecule has 1 aliphatic rings. The number of hydrogen-bond acceptors (Lipinski definition) is 6. The molecule has 1 heterocycles. The number of aliphatic hydroxyl groups is 1. The summed E-state index contributed by atoms with van der Waals surface area (Å²) in [4.78, 5) is 21.3. The van der Waals surface area contributed by atoms with Crippen molar-refractivity contribution in [1.29, 1.82) is 0 Å². The van der Waals surface area contributed by atoms with Gasteiger partial charge in [-0.1, -0.05) is 0 Å². The molecule has 1 rings (SSSR count). The first-order valence-electron chi connectivity index (χ1n) is 4.70. The highest BCUT2D eigenvalue weighted by Crippen LogP contribution is 2.25. The molecule has 1 N–H and O–H groups in total. The molecule has 6 nitrogen and oxygen atoms in total. The van der Waals surface area contributed by atoms with Crippen molar-refractivity contribution in [2.75, 3.05) is 6.61 Å². The van der Waals surface area contributed by atoms with Gasteiger partial charge in [-0.2, -0.15) is 0 Å². The van der Waals surface area contributed by atoms with Crippen LogP contribution in [0.2, 0.25) is 0 Å². The summed E-state index contributed by atoms with van der Waals surface area (Å²) in [5, 5.41) is 9.09. The molecule has 16 heavy (non-hydrogen) atoms. The Morgan fingerprint density at radius 2 is 2.00 bits per heavy atom. The van der Waals surface area contributed by atoms with Crippen molar-refractivity contribution >= 4 is 11.9 Å². The van der Waals surface area contributed by atoms with Gasteiger partial charge in [-0.3, -0.25) is 9.59 Å². The van der Waals surface area contributed by atoms with Gasteiger partial charge in [0.1, 0.15) is 12.7 Å². The van der Waals surface area contributed by atoms with Gasteiger partial charge in [-0.05, 0) is 0 Å². The van der Waals surface area contributed by atoms with Crippen LogP contribution in [0.1, 0.15) is 13.8 Å². The smallest absolute Gasteiger partial charge is 0.303 e. The van der Waals surface area contributed by atoms with E-state index in [-0.39, 0.29) is 6.61 Å². The predicted molar refractivity (Wildman–Crippen MR) is 48.0 cm³/mol. The second kappa shape index (κ2) is 5.22. The van der Waals surface area contributed by atoms with Crippen molar-refractivity contribution in [2.24, 2.45) is 0 Å². The Balaban J connectivity index is 2.59. The second-order valence-corrected chi connectivity index (χ2v) is 3.39. The monoisotopic (exact) mass is 236 g/mol. The van der Waals surface area contributed by atoms with Gasteiger partial charge in [0.15, 0.2) is 18.6 Å². The molecule has 0 saturated carbocycles. The minimum Gasteiger partial charge on any atom is -0.463 e. The lowest BCUT2D eigenvalue weighted by atomic mass is 10.1. The molecular weight excluding hydrogens is 223 g/mol. The zero-order valence-electron chi connectivity index (χ0n) is 8.88. The highest BCUT2D eigenvalue weighted by atomic mass is 19.1. The molecule has 0 aromatic heterocycles.